The van der Waals surface area contributed by atoms with Crippen LogP contribution >= 0.6 is 0 Å². The Kier molecular flexibility index (Phi) is 3.23. The molecule has 7 heteroatoms. The van der Waals surface area contributed by atoms with Crippen molar-refractivity contribution in [1.29, 1.82) is 0 Å². The van der Waals surface area contributed by atoms with Crippen LogP contribution in [0.4, 0.5) is 6.01 Å². The highest BCUT2D eigenvalue weighted by molar-refractivity contribution is 6.07. The molecule has 1 aromatic carbocycles. The summed E-state index contributed by atoms with van der Waals surface area (Å²) in [5.74, 6) is 0.384. The number of hydrogen-bond donors (Lipinski definition) is 1. The zero-order chi connectivity index (χ0) is 14.8. The number of aromatic nitrogens is 3. The minimum atomic E-state index is -0.406. The fourth-order valence-electron chi connectivity index (χ4n) is 1.94. The lowest BCUT2D eigenvalue weighted by molar-refractivity contribution is 0.102. The molecule has 0 aliphatic rings. The molecule has 3 aromatic rings. The van der Waals surface area contributed by atoms with Crippen LogP contribution in [0.15, 0.2) is 39.3 Å². The number of aryl methyl sites for hydroxylation is 2. The van der Waals surface area contributed by atoms with Gasteiger partial charge in [-0.15, -0.1) is 5.10 Å². The second kappa shape index (κ2) is 5.20. The van der Waals surface area contributed by atoms with Crippen LogP contribution < -0.4 is 5.32 Å². The van der Waals surface area contributed by atoms with E-state index in [4.69, 9.17) is 8.94 Å². The van der Waals surface area contributed by atoms with Crippen LogP contribution in [0.3, 0.4) is 0 Å². The first-order valence-electron chi connectivity index (χ1n) is 6.28. The molecule has 0 radical (unpaired) electrons. The van der Waals surface area contributed by atoms with Gasteiger partial charge in [-0.3, -0.25) is 10.1 Å². The van der Waals surface area contributed by atoms with E-state index >= 15 is 0 Å². The van der Waals surface area contributed by atoms with Gasteiger partial charge >= 0.3 is 6.01 Å². The zero-order valence-corrected chi connectivity index (χ0v) is 11.5. The maximum Gasteiger partial charge on any atom is 0.322 e. The molecular formula is C14H12N4O3. The van der Waals surface area contributed by atoms with E-state index in [1.165, 1.54) is 0 Å². The predicted octanol–water partition coefficient (Wildman–Crippen LogP) is 2.59. The number of nitrogens with zero attached hydrogens (tertiary/aromatic N) is 3. The van der Waals surface area contributed by atoms with Crippen molar-refractivity contribution in [3.05, 3.63) is 47.5 Å². The fraction of sp³-hybridized carbons (Fsp3) is 0.143. The summed E-state index contributed by atoms with van der Waals surface area (Å²) in [6, 6.07) is 9.36. The highest BCUT2D eigenvalue weighted by Gasteiger charge is 2.22. The Morgan fingerprint density at radius 1 is 1.14 bits per heavy atom. The van der Waals surface area contributed by atoms with Gasteiger partial charge in [0.25, 0.3) is 5.91 Å². The Hall–Kier alpha value is -2.96. The molecule has 0 unspecified atom stereocenters. The Morgan fingerprint density at radius 3 is 2.57 bits per heavy atom. The van der Waals surface area contributed by atoms with Gasteiger partial charge in [-0.05, 0) is 6.92 Å². The third-order valence-corrected chi connectivity index (χ3v) is 2.88. The van der Waals surface area contributed by atoms with Gasteiger partial charge < -0.3 is 8.94 Å². The maximum atomic E-state index is 12.4. The lowest BCUT2D eigenvalue weighted by Crippen LogP contribution is -2.13. The second-order valence-corrected chi connectivity index (χ2v) is 4.41. The molecule has 0 aliphatic heterocycles. The second-order valence-electron chi connectivity index (χ2n) is 4.41. The largest absolute Gasteiger partial charge is 0.408 e. The Labute approximate surface area is 120 Å². The maximum absolute atomic E-state index is 12.4. The molecular weight excluding hydrogens is 272 g/mol. The number of rotatable bonds is 3. The molecule has 1 N–H and O–H groups in total. The summed E-state index contributed by atoms with van der Waals surface area (Å²) < 4.78 is 10.3. The number of nitrogens with one attached hydrogen (secondary N) is 1. The summed E-state index contributed by atoms with van der Waals surface area (Å²) in [4.78, 5) is 12.4. The number of benzene rings is 1. The number of anilines is 1. The molecule has 7 nitrogen and oxygen atoms in total. The van der Waals surface area contributed by atoms with E-state index in [9.17, 15) is 4.79 Å². The first kappa shape index (κ1) is 13.0. The Morgan fingerprint density at radius 2 is 1.90 bits per heavy atom. The van der Waals surface area contributed by atoms with E-state index in [0.717, 1.165) is 5.56 Å². The van der Waals surface area contributed by atoms with Crippen molar-refractivity contribution in [2.45, 2.75) is 13.8 Å². The standard InChI is InChI=1S/C14H12N4O3/c1-8-11(13(19)15-14-17-16-9(2)20-14)12(18-21-8)10-6-4-3-5-7-10/h3-7H,1-2H3,(H,15,17,19). The van der Waals surface area contributed by atoms with Crippen molar-refractivity contribution in [3.8, 4) is 11.3 Å². The summed E-state index contributed by atoms with van der Waals surface area (Å²) in [6.45, 7) is 3.32. The molecule has 3 rings (SSSR count). The summed E-state index contributed by atoms with van der Waals surface area (Å²) in [5, 5.41) is 13.9. The van der Waals surface area contributed by atoms with E-state index in [1.807, 2.05) is 30.3 Å². The quantitative estimate of drug-likeness (QED) is 0.794. The highest BCUT2D eigenvalue weighted by atomic mass is 16.5. The third-order valence-electron chi connectivity index (χ3n) is 2.88. The van der Waals surface area contributed by atoms with Crippen molar-refractivity contribution >= 4 is 11.9 Å². The minimum Gasteiger partial charge on any atom is -0.408 e. The van der Waals surface area contributed by atoms with Gasteiger partial charge in [0, 0.05) is 12.5 Å². The van der Waals surface area contributed by atoms with Crippen LogP contribution in [0.5, 0.6) is 0 Å². The van der Waals surface area contributed by atoms with Gasteiger partial charge in [-0.1, -0.05) is 40.6 Å². The average molecular weight is 284 g/mol. The molecule has 106 valence electrons. The molecule has 21 heavy (non-hydrogen) atoms. The SMILES string of the molecule is Cc1nnc(NC(=O)c2c(-c3ccccc3)noc2C)o1. The van der Waals surface area contributed by atoms with Crippen LogP contribution in [0.1, 0.15) is 22.0 Å². The van der Waals surface area contributed by atoms with Crippen LogP contribution in [0.2, 0.25) is 0 Å². The zero-order valence-electron chi connectivity index (χ0n) is 11.5. The number of carbonyl (C=O) groups is 1. The number of hydrogen-bond acceptors (Lipinski definition) is 6. The van der Waals surface area contributed by atoms with Crippen molar-refractivity contribution < 1.29 is 13.7 Å². The van der Waals surface area contributed by atoms with Crippen LogP contribution in [-0.2, 0) is 0 Å². The smallest absolute Gasteiger partial charge is 0.322 e. The molecule has 0 bridgehead atoms. The van der Waals surface area contributed by atoms with Crippen molar-refractivity contribution in [2.24, 2.45) is 0 Å². The van der Waals surface area contributed by atoms with Gasteiger partial charge in [-0.2, -0.15) is 0 Å². The van der Waals surface area contributed by atoms with Crippen molar-refractivity contribution in [1.82, 2.24) is 15.4 Å². The van der Waals surface area contributed by atoms with Crippen LogP contribution in [0.25, 0.3) is 11.3 Å². The van der Waals surface area contributed by atoms with E-state index in [2.05, 4.69) is 20.7 Å². The first-order chi connectivity index (χ1) is 10.1. The molecule has 0 spiro atoms. The third kappa shape index (κ3) is 2.53. The highest BCUT2D eigenvalue weighted by Crippen LogP contribution is 2.25. The molecule has 2 heterocycles. The normalized spacial score (nSPS) is 10.6. The summed E-state index contributed by atoms with van der Waals surface area (Å²) in [6.07, 6.45) is 0. The Bertz CT molecular complexity index is 777. The number of amides is 1. The van der Waals surface area contributed by atoms with Crippen molar-refractivity contribution in [2.75, 3.05) is 5.32 Å². The lowest BCUT2D eigenvalue weighted by Gasteiger charge is -2.01. The topological polar surface area (TPSA) is 94.1 Å². The van der Waals surface area contributed by atoms with Gasteiger partial charge in [0.05, 0.1) is 0 Å². The Balaban J connectivity index is 1.95. The fourth-order valence-corrected chi connectivity index (χ4v) is 1.94. The van der Waals surface area contributed by atoms with Gasteiger partial charge in [-0.25, -0.2) is 0 Å². The van der Waals surface area contributed by atoms with Gasteiger partial charge in [0.2, 0.25) is 5.89 Å². The monoisotopic (exact) mass is 284 g/mol. The predicted molar refractivity (Wildman–Crippen MR) is 73.7 cm³/mol. The van der Waals surface area contributed by atoms with Crippen molar-refractivity contribution in [3.63, 3.8) is 0 Å². The number of carbonyl (C=O) groups excluding carboxylic acids is 1. The lowest BCUT2D eigenvalue weighted by atomic mass is 10.1. The molecule has 0 saturated heterocycles. The van der Waals surface area contributed by atoms with Crippen LogP contribution in [-0.4, -0.2) is 21.3 Å². The van der Waals surface area contributed by atoms with E-state index in [1.54, 1.807) is 13.8 Å². The molecule has 0 aliphatic carbocycles. The van der Waals surface area contributed by atoms with Crippen LogP contribution in [0, 0.1) is 13.8 Å². The van der Waals surface area contributed by atoms with E-state index in [-0.39, 0.29) is 6.01 Å². The molecule has 0 atom stereocenters. The first-order valence-corrected chi connectivity index (χ1v) is 6.28. The van der Waals surface area contributed by atoms with Gasteiger partial charge in [0.15, 0.2) is 0 Å². The van der Waals surface area contributed by atoms with E-state index < -0.39 is 5.91 Å². The van der Waals surface area contributed by atoms with Gasteiger partial charge in [0.1, 0.15) is 17.0 Å². The molecule has 2 aromatic heterocycles. The minimum absolute atomic E-state index is 0.0390. The van der Waals surface area contributed by atoms with E-state index in [0.29, 0.717) is 22.9 Å². The molecule has 0 saturated carbocycles. The summed E-state index contributed by atoms with van der Waals surface area (Å²) in [5.41, 5.74) is 1.61. The summed E-state index contributed by atoms with van der Waals surface area (Å²) in [7, 11) is 0. The average Bonchev–Trinajstić information content (AvgIpc) is 3.06. The molecule has 1 amide bonds. The molecule has 0 fully saturated rings. The summed E-state index contributed by atoms with van der Waals surface area (Å²) >= 11 is 0.